The predicted octanol–water partition coefficient (Wildman–Crippen LogP) is 2.01. The highest BCUT2D eigenvalue weighted by atomic mass is 16.5. The molecular weight excluding hydrogens is 330 g/mol. The minimum atomic E-state index is -0.217. The minimum Gasteiger partial charge on any atom is -0.497 e. The second-order valence-electron chi connectivity index (χ2n) is 6.03. The van der Waals surface area contributed by atoms with Crippen LogP contribution in [0.1, 0.15) is 25.8 Å². The fourth-order valence-corrected chi connectivity index (χ4v) is 2.46. The number of nitrogens with one attached hydrogen (secondary N) is 1. The standard InChI is InChI=1S/C20H31N3O3/c1-5-23(6-2)14-8-13-21-19(24)16-22(3)20(25)12-11-17-9-7-10-18(15-17)26-4/h7,9-12,15H,5-6,8,13-14,16H2,1-4H3,(H,21,24)/b12-11+. The van der Waals surface area contributed by atoms with E-state index in [4.69, 9.17) is 4.74 Å². The van der Waals surface area contributed by atoms with Crippen LogP contribution >= 0.6 is 0 Å². The molecule has 0 saturated heterocycles. The second-order valence-corrected chi connectivity index (χ2v) is 6.03. The molecule has 0 fully saturated rings. The zero-order valence-electron chi connectivity index (χ0n) is 16.3. The Bertz CT molecular complexity index is 598. The molecule has 0 heterocycles. The van der Waals surface area contributed by atoms with Crippen molar-refractivity contribution in [3.8, 4) is 5.75 Å². The fraction of sp³-hybridized carbons (Fsp3) is 0.500. The Morgan fingerprint density at radius 1 is 1.23 bits per heavy atom. The van der Waals surface area contributed by atoms with E-state index in [9.17, 15) is 9.59 Å². The van der Waals surface area contributed by atoms with E-state index in [1.54, 1.807) is 20.2 Å². The number of ether oxygens (including phenoxy) is 1. The average Bonchev–Trinajstić information content (AvgIpc) is 2.66. The third kappa shape index (κ3) is 8.16. The Balaban J connectivity index is 2.36. The van der Waals surface area contributed by atoms with E-state index in [0.29, 0.717) is 6.54 Å². The molecule has 0 atom stereocenters. The van der Waals surface area contributed by atoms with Crippen molar-refractivity contribution in [1.29, 1.82) is 0 Å². The minimum absolute atomic E-state index is 0.0482. The van der Waals surface area contributed by atoms with Gasteiger partial charge in [-0.15, -0.1) is 0 Å². The maximum atomic E-state index is 12.1. The van der Waals surface area contributed by atoms with Gasteiger partial charge in [-0.25, -0.2) is 0 Å². The lowest BCUT2D eigenvalue weighted by molar-refractivity contribution is -0.131. The summed E-state index contributed by atoms with van der Waals surface area (Å²) < 4.78 is 5.15. The highest BCUT2D eigenvalue weighted by Gasteiger charge is 2.10. The Morgan fingerprint density at radius 3 is 2.62 bits per heavy atom. The largest absolute Gasteiger partial charge is 0.497 e. The summed E-state index contributed by atoms with van der Waals surface area (Å²) in [5, 5.41) is 2.86. The smallest absolute Gasteiger partial charge is 0.246 e. The number of carbonyl (C=O) groups excluding carboxylic acids is 2. The third-order valence-electron chi connectivity index (χ3n) is 4.14. The summed E-state index contributed by atoms with van der Waals surface area (Å²) >= 11 is 0. The van der Waals surface area contributed by atoms with Crippen molar-refractivity contribution in [2.45, 2.75) is 20.3 Å². The predicted molar refractivity (Wildman–Crippen MR) is 105 cm³/mol. The zero-order valence-corrected chi connectivity index (χ0v) is 16.3. The summed E-state index contributed by atoms with van der Waals surface area (Å²) in [6.45, 7) is 7.92. The van der Waals surface area contributed by atoms with Gasteiger partial charge < -0.3 is 19.9 Å². The molecule has 0 aliphatic heterocycles. The molecule has 0 aliphatic rings. The fourth-order valence-electron chi connectivity index (χ4n) is 2.46. The molecule has 0 radical (unpaired) electrons. The summed E-state index contributed by atoms with van der Waals surface area (Å²) in [7, 11) is 3.22. The number of amides is 2. The van der Waals surface area contributed by atoms with Crippen molar-refractivity contribution in [3.63, 3.8) is 0 Å². The molecule has 26 heavy (non-hydrogen) atoms. The molecule has 6 heteroatoms. The summed E-state index contributed by atoms with van der Waals surface area (Å²) in [5.74, 6) is 0.373. The van der Waals surface area contributed by atoms with Crippen LogP contribution in [0.25, 0.3) is 6.08 Å². The molecule has 1 aromatic carbocycles. The van der Waals surface area contributed by atoms with Crippen LogP contribution in [0.3, 0.4) is 0 Å². The average molecular weight is 361 g/mol. The summed E-state index contributed by atoms with van der Waals surface area (Å²) in [6, 6.07) is 7.43. The first kappa shape index (κ1) is 21.7. The van der Waals surface area contributed by atoms with Crippen molar-refractivity contribution in [2.24, 2.45) is 0 Å². The number of hydrogen-bond acceptors (Lipinski definition) is 4. The van der Waals surface area contributed by atoms with Gasteiger partial charge in [0.05, 0.1) is 13.7 Å². The first-order valence-electron chi connectivity index (χ1n) is 9.06. The third-order valence-corrected chi connectivity index (χ3v) is 4.14. The SMILES string of the molecule is CCN(CC)CCCNC(=O)CN(C)C(=O)/C=C/c1cccc(OC)c1. The van der Waals surface area contributed by atoms with Crippen LogP contribution in [0.5, 0.6) is 5.75 Å². The van der Waals surface area contributed by atoms with E-state index in [0.717, 1.165) is 37.4 Å². The Hall–Kier alpha value is -2.34. The summed E-state index contributed by atoms with van der Waals surface area (Å²) in [4.78, 5) is 27.8. The lowest BCUT2D eigenvalue weighted by Gasteiger charge is -2.18. The highest BCUT2D eigenvalue weighted by Crippen LogP contribution is 2.13. The number of rotatable bonds is 11. The number of hydrogen-bond donors (Lipinski definition) is 1. The molecular formula is C20H31N3O3. The Labute approximate surface area is 156 Å². The van der Waals surface area contributed by atoms with Crippen LogP contribution < -0.4 is 10.1 Å². The number of methoxy groups -OCH3 is 1. The van der Waals surface area contributed by atoms with Gasteiger partial charge in [0.25, 0.3) is 0 Å². The number of benzene rings is 1. The lowest BCUT2D eigenvalue weighted by atomic mass is 10.2. The Morgan fingerprint density at radius 2 is 1.96 bits per heavy atom. The molecule has 1 N–H and O–H groups in total. The van der Waals surface area contributed by atoms with Gasteiger partial charge in [-0.2, -0.15) is 0 Å². The molecule has 0 bridgehead atoms. The van der Waals surface area contributed by atoms with Gasteiger partial charge in [0.15, 0.2) is 0 Å². The van der Waals surface area contributed by atoms with Gasteiger partial charge in [0.1, 0.15) is 5.75 Å². The monoisotopic (exact) mass is 361 g/mol. The van der Waals surface area contributed by atoms with Gasteiger partial charge in [-0.1, -0.05) is 26.0 Å². The quantitative estimate of drug-likeness (QED) is 0.484. The topological polar surface area (TPSA) is 61.9 Å². The molecule has 1 rings (SSSR count). The number of likely N-dealkylation sites (N-methyl/N-ethyl adjacent to an activating group) is 1. The molecule has 6 nitrogen and oxygen atoms in total. The van der Waals surface area contributed by atoms with E-state index in [2.05, 4.69) is 24.1 Å². The highest BCUT2D eigenvalue weighted by molar-refractivity contribution is 5.94. The maximum absolute atomic E-state index is 12.1. The van der Waals surface area contributed by atoms with E-state index in [1.165, 1.54) is 11.0 Å². The van der Waals surface area contributed by atoms with Crippen LogP contribution in [-0.4, -0.2) is 68.5 Å². The van der Waals surface area contributed by atoms with Gasteiger partial charge in [0.2, 0.25) is 11.8 Å². The molecule has 0 unspecified atom stereocenters. The molecule has 144 valence electrons. The molecule has 0 spiro atoms. The normalized spacial score (nSPS) is 11.0. The number of carbonyl (C=O) groups is 2. The first-order valence-corrected chi connectivity index (χ1v) is 9.06. The lowest BCUT2D eigenvalue weighted by Crippen LogP contribution is -2.38. The zero-order chi connectivity index (χ0) is 19.4. The van der Waals surface area contributed by atoms with Crippen LogP contribution in [0.2, 0.25) is 0 Å². The second kappa shape index (κ2) is 12.1. The molecule has 0 aliphatic carbocycles. The van der Waals surface area contributed by atoms with Crippen LogP contribution in [0, 0.1) is 0 Å². The van der Waals surface area contributed by atoms with E-state index >= 15 is 0 Å². The van der Waals surface area contributed by atoms with Gasteiger partial charge in [0, 0.05) is 19.7 Å². The van der Waals surface area contributed by atoms with Crippen molar-refractivity contribution in [2.75, 3.05) is 46.9 Å². The molecule has 2 amide bonds. The molecule has 0 saturated carbocycles. The van der Waals surface area contributed by atoms with E-state index in [-0.39, 0.29) is 18.4 Å². The maximum Gasteiger partial charge on any atom is 0.246 e. The van der Waals surface area contributed by atoms with Gasteiger partial charge in [-0.05, 0) is 49.8 Å². The summed E-state index contributed by atoms with van der Waals surface area (Å²) in [5.41, 5.74) is 0.868. The molecule has 1 aromatic rings. The number of nitrogens with zero attached hydrogens (tertiary/aromatic N) is 2. The van der Waals surface area contributed by atoms with Crippen molar-refractivity contribution in [3.05, 3.63) is 35.9 Å². The van der Waals surface area contributed by atoms with Gasteiger partial charge >= 0.3 is 0 Å². The van der Waals surface area contributed by atoms with Crippen LogP contribution in [0.15, 0.2) is 30.3 Å². The van der Waals surface area contributed by atoms with E-state index in [1.807, 2.05) is 24.3 Å². The summed E-state index contributed by atoms with van der Waals surface area (Å²) in [6.07, 6.45) is 4.08. The first-order chi connectivity index (χ1) is 12.5. The molecule has 0 aromatic heterocycles. The van der Waals surface area contributed by atoms with Gasteiger partial charge in [-0.3, -0.25) is 9.59 Å². The van der Waals surface area contributed by atoms with Crippen LogP contribution in [0.4, 0.5) is 0 Å². The Kier molecular flexibility index (Phi) is 10.1. The van der Waals surface area contributed by atoms with E-state index < -0.39 is 0 Å². The van der Waals surface area contributed by atoms with Crippen molar-refractivity contribution >= 4 is 17.9 Å². The van der Waals surface area contributed by atoms with Crippen molar-refractivity contribution in [1.82, 2.24) is 15.1 Å². The van der Waals surface area contributed by atoms with Crippen molar-refractivity contribution < 1.29 is 14.3 Å². The van der Waals surface area contributed by atoms with Crippen LogP contribution in [-0.2, 0) is 9.59 Å².